The van der Waals surface area contributed by atoms with Crippen molar-refractivity contribution in [3.8, 4) is 11.1 Å². The first kappa shape index (κ1) is 23.7. The van der Waals surface area contributed by atoms with Crippen molar-refractivity contribution in [1.29, 1.82) is 0 Å². The number of aliphatic hydroxyl groups excluding tert-OH is 1. The molecule has 0 radical (unpaired) electrons. The van der Waals surface area contributed by atoms with Crippen molar-refractivity contribution in [1.82, 2.24) is 24.7 Å². The van der Waals surface area contributed by atoms with Gasteiger partial charge in [-0.05, 0) is 69.7 Å². The van der Waals surface area contributed by atoms with Gasteiger partial charge in [-0.1, -0.05) is 0 Å². The highest BCUT2D eigenvalue weighted by Crippen LogP contribution is 2.50. The first-order valence-electron chi connectivity index (χ1n) is 12.4. The Bertz CT molecular complexity index is 1160. The molecule has 9 heteroatoms. The highest BCUT2D eigenvalue weighted by Gasteiger charge is 2.58. The van der Waals surface area contributed by atoms with Crippen molar-refractivity contribution in [2.75, 3.05) is 33.8 Å². The van der Waals surface area contributed by atoms with Crippen molar-refractivity contribution in [3.63, 3.8) is 0 Å². The van der Waals surface area contributed by atoms with Gasteiger partial charge in [-0.25, -0.2) is 0 Å². The van der Waals surface area contributed by atoms with Gasteiger partial charge >= 0.3 is 0 Å². The number of rotatable bonds is 8. The number of amides is 2. The third-order valence-corrected chi connectivity index (χ3v) is 7.60. The Labute approximate surface area is 204 Å². The number of pyridine rings is 2. The lowest BCUT2D eigenvalue weighted by molar-refractivity contribution is -0.138. The molecule has 0 spiro atoms. The first-order chi connectivity index (χ1) is 16.9. The van der Waals surface area contributed by atoms with Crippen molar-refractivity contribution >= 4 is 11.8 Å². The summed E-state index contributed by atoms with van der Waals surface area (Å²) in [5.74, 6) is -1.18. The number of hydrogen-bond acceptors (Lipinski definition) is 6. The molecule has 2 aliphatic heterocycles. The van der Waals surface area contributed by atoms with Crippen LogP contribution in [0.4, 0.5) is 0 Å². The standard InChI is InChI=1S/C26H33N5O4/c1-29(2)13-3-10-28-24(33)22-19(15-32)21-14-30-20(23(22)31(21)25(34)17-4-5-17)7-6-18(26(30)35)16-8-11-27-12-9-16/h6-9,11-12,17,19,21-23,32H,3-5,10,13-15H2,1-2H3,(H,28,33)/t19-,21-,22+,23+/m1/s1. The van der Waals surface area contributed by atoms with Crippen LogP contribution in [0.1, 0.15) is 31.0 Å². The molecule has 0 aromatic carbocycles. The van der Waals surface area contributed by atoms with Crippen molar-refractivity contribution < 1.29 is 14.7 Å². The summed E-state index contributed by atoms with van der Waals surface area (Å²) in [4.78, 5) is 48.3. The third-order valence-electron chi connectivity index (χ3n) is 7.60. The molecule has 9 nitrogen and oxygen atoms in total. The van der Waals surface area contributed by atoms with E-state index >= 15 is 0 Å². The van der Waals surface area contributed by atoms with Gasteiger partial charge in [-0.2, -0.15) is 0 Å². The number of hydrogen-bond donors (Lipinski definition) is 2. The van der Waals surface area contributed by atoms with E-state index in [-0.39, 0.29) is 36.4 Å². The van der Waals surface area contributed by atoms with Crippen LogP contribution >= 0.6 is 0 Å². The van der Waals surface area contributed by atoms with E-state index in [2.05, 4.69) is 15.2 Å². The smallest absolute Gasteiger partial charge is 0.258 e. The topological polar surface area (TPSA) is 108 Å². The number of fused-ring (bicyclic) bond motifs is 4. The van der Waals surface area contributed by atoms with Crippen LogP contribution in [0.25, 0.3) is 11.1 Å². The second-order valence-corrected chi connectivity index (χ2v) is 10.2. The van der Waals surface area contributed by atoms with E-state index in [4.69, 9.17) is 0 Å². The molecule has 0 unspecified atom stereocenters. The molecular formula is C26H33N5O4. The highest BCUT2D eigenvalue weighted by molar-refractivity contribution is 5.86. The van der Waals surface area contributed by atoms with Crippen LogP contribution < -0.4 is 10.9 Å². The van der Waals surface area contributed by atoms with Gasteiger partial charge in [-0.3, -0.25) is 19.4 Å². The highest BCUT2D eigenvalue weighted by atomic mass is 16.3. The Morgan fingerprint density at radius 3 is 2.57 bits per heavy atom. The third kappa shape index (κ3) is 4.27. The minimum absolute atomic E-state index is 0.0180. The molecule has 2 N–H and O–H groups in total. The first-order valence-corrected chi connectivity index (χ1v) is 12.4. The van der Waals surface area contributed by atoms with Gasteiger partial charge in [0.2, 0.25) is 11.8 Å². The Morgan fingerprint density at radius 1 is 1.17 bits per heavy atom. The maximum Gasteiger partial charge on any atom is 0.258 e. The fraction of sp³-hybridized carbons (Fsp3) is 0.538. The van der Waals surface area contributed by atoms with Gasteiger partial charge in [0.1, 0.15) is 0 Å². The van der Waals surface area contributed by atoms with Crippen LogP contribution in [0, 0.1) is 17.8 Å². The predicted octanol–water partition coefficient (Wildman–Crippen LogP) is 0.878. The van der Waals surface area contributed by atoms with Crippen LogP contribution in [0.15, 0.2) is 41.5 Å². The second-order valence-electron chi connectivity index (χ2n) is 10.2. The lowest BCUT2D eigenvalue weighted by atomic mass is 9.86. The molecule has 2 fully saturated rings. The van der Waals surface area contributed by atoms with Crippen LogP contribution in [0.2, 0.25) is 0 Å². The molecule has 2 aromatic heterocycles. The normalized spacial score (nSPS) is 25.0. The maximum atomic E-state index is 13.6. The minimum Gasteiger partial charge on any atom is -0.396 e. The quantitative estimate of drug-likeness (QED) is 0.545. The number of aliphatic hydroxyl groups is 1. The molecule has 1 saturated heterocycles. The van der Waals surface area contributed by atoms with E-state index in [9.17, 15) is 19.5 Å². The zero-order valence-corrected chi connectivity index (χ0v) is 20.3. The lowest BCUT2D eigenvalue weighted by Gasteiger charge is -2.38. The summed E-state index contributed by atoms with van der Waals surface area (Å²) in [6.07, 6.45) is 5.81. The van der Waals surface area contributed by atoms with E-state index in [1.807, 2.05) is 25.1 Å². The summed E-state index contributed by atoms with van der Waals surface area (Å²) >= 11 is 0. The summed E-state index contributed by atoms with van der Waals surface area (Å²) in [5.41, 5.74) is 1.86. The summed E-state index contributed by atoms with van der Waals surface area (Å²) in [6.45, 7) is 1.43. The van der Waals surface area contributed by atoms with E-state index in [0.29, 0.717) is 17.8 Å². The summed E-state index contributed by atoms with van der Waals surface area (Å²) < 4.78 is 1.71. The van der Waals surface area contributed by atoms with E-state index in [1.165, 1.54) is 0 Å². The Morgan fingerprint density at radius 2 is 1.91 bits per heavy atom. The zero-order chi connectivity index (χ0) is 24.7. The number of carbonyl (C=O) groups excluding carboxylic acids is 2. The minimum atomic E-state index is -0.605. The summed E-state index contributed by atoms with van der Waals surface area (Å²) in [5, 5.41) is 13.4. The molecule has 2 bridgehead atoms. The van der Waals surface area contributed by atoms with Crippen molar-refractivity contribution in [3.05, 3.63) is 52.7 Å². The van der Waals surface area contributed by atoms with Gasteiger partial charge in [0, 0.05) is 55.2 Å². The molecule has 2 aromatic rings. The molecule has 1 saturated carbocycles. The average Bonchev–Trinajstić information content (AvgIpc) is 3.67. The van der Waals surface area contributed by atoms with Gasteiger partial charge in [0.05, 0.1) is 18.0 Å². The molecule has 5 rings (SSSR count). The molecular weight excluding hydrogens is 446 g/mol. The molecule has 186 valence electrons. The Balaban J connectivity index is 1.53. The number of nitrogens with zero attached hydrogens (tertiary/aromatic N) is 4. The molecule has 3 aliphatic rings. The second kappa shape index (κ2) is 9.54. The molecule has 2 amide bonds. The largest absolute Gasteiger partial charge is 0.396 e. The molecule has 35 heavy (non-hydrogen) atoms. The average molecular weight is 480 g/mol. The van der Waals surface area contributed by atoms with E-state index in [0.717, 1.165) is 31.4 Å². The van der Waals surface area contributed by atoms with Crippen LogP contribution in [-0.4, -0.2) is 76.1 Å². The number of nitrogens with one attached hydrogen (secondary N) is 1. The Kier molecular flexibility index (Phi) is 6.46. The van der Waals surface area contributed by atoms with Gasteiger partial charge < -0.3 is 24.8 Å². The van der Waals surface area contributed by atoms with E-state index < -0.39 is 23.9 Å². The lowest BCUT2D eigenvalue weighted by Crippen LogP contribution is -2.49. The predicted molar refractivity (Wildman–Crippen MR) is 130 cm³/mol. The van der Waals surface area contributed by atoms with Gasteiger partial charge in [0.15, 0.2) is 0 Å². The fourth-order valence-corrected chi connectivity index (χ4v) is 5.73. The maximum absolute atomic E-state index is 13.6. The number of carbonyl (C=O) groups is 2. The van der Waals surface area contributed by atoms with Crippen LogP contribution in [-0.2, 0) is 16.1 Å². The molecule has 4 atom stereocenters. The van der Waals surface area contributed by atoms with Crippen LogP contribution in [0.3, 0.4) is 0 Å². The van der Waals surface area contributed by atoms with Crippen molar-refractivity contribution in [2.45, 2.75) is 37.9 Å². The molecule has 4 heterocycles. The summed E-state index contributed by atoms with van der Waals surface area (Å²) in [7, 11) is 3.97. The van der Waals surface area contributed by atoms with Crippen LogP contribution in [0.5, 0.6) is 0 Å². The fourth-order valence-electron chi connectivity index (χ4n) is 5.73. The van der Waals surface area contributed by atoms with E-state index in [1.54, 1.807) is 35.2 Å². The van der Waals surface area contributed by atoms with Gasteiger partial charge in [-0.15, -0.1) is 0 Å². The molecule has 1 aliphatic carbocycles. The monoisotopic (exact) mass is 479 g/mol. The Hall–Kier alpha value is -3.04. The summed E-state index contributed by atoms with van der Waals surface area (Å²) in [6, 6.07) is 6.29. The number of aromatic nitrogens is 2. The SMILES string of the molecule is CN(C)CCCNC(=O)[C@H]1[C@H](CO)[C@H]2Cn3c(ccc(-c4ccncc4)c3=O)[C@@H]1N2C(=O)C1CC1. The van der Waals surface area contributed by atoms with Gasteiger partial charge in [0.25, 0.3) is 5.56 Å². The zero-order valence-electron chi connectivity index (χ0n) is 20.3. The van der Waals surface area contributed by atoms with Crippen molar-refractivity contribution in [2.24, 2.45) is 17.8 Å².